The minimum absolute atomic E-state index is 0.677. The van der Waals surface area contributed by atoms with Crippen molar-refractivity contribution in [1.82, 2.24) is 15.3 Å². The molecule has 4 rings (SSSR count). The van der Waals surface area contributed by atoms with Crippen LogP contribution in [0.2, 0.25) is 0 Å². The zero-order valence-corrected chi connectivity index (χ0v) is 14.7. The molecule has 0 unspecified atom stereocenters. The number of nitrogens with one attached hydrogen (secondary N) is 1. The van der Waals surface area contributed by atoms with Gasteiger partial charge in [-0.3, -0.25) is 4.98 Å². The highest BCUT2D eigenvalue weighted by atomic mass is 16.5. The Kier molecular flexibility index (Phi) is 5.23. The molecule has 1 N–H and O–H groups in total. The molecule has 4 heterocycles. The van der Waals surface area contributed by atoms with Crippen LogP contribution in [-0.2, 0) is 11.2 Å². The number of aromatic nitrogens is 2. The number of piperazine rings is 1. The van der Waals surface area contributed by atoms with Gasteiger partial charge in [-0.25, -0.2) is 4.98 Å². The van der Waals surface area contributed by atoms with Crippen molar-refractivity contribution >= 4 is 5.82 Å². The summed E-state index contributed by atoms with van der Waals surface area (Å²) in [7, 11) is 0. The second-order valence-corrected chi connectivity index (χ2v) is 6.92. The number of rotatable bonds is 4. The molecule has 25 heavy (non-hydrogen) atoms. The van der Waals surface area contributed by atoms with Gasteiger partial charge >= 0.3 is 0 Å². The summed E-state index contributed by atoms with van der Waals surface area (Å²) in [6, 6.07) is 10.5. The Morgan fingerprint density at radius 1 is 1.12 bits per heavy atom. The molecule has 2 aliphatic heterocycles. The summed E-state index contributed by atoms with van der Waals surface area (Å²) in [6.07, 6.45) is 5.17. The first-order valence-corrected chi connectivity index (χ1v) is 9.34. The van der Waals surface area contributed by atoms with E-state index < -0.39 is 0 Å². The van der Waals surface area contributed by atoms with Gasteiger partial charge in [-0.1, -0.05) is 6.07 Å². The highest BCUT2D eigenvalue weighted by Crippen LogP contribution is 2.26. The van der Waals surface area contributed by atoms with Gasteiger partial charge in [-0.05, 0) is 49.4 Å². The van der Waals surface area contributed by atoms with E-state index in [1.807, 2.05) is 18.3 Å². The lowest BCUT2D eigenvalue weighted by molar-refractivity contribution is 0.0663. The van der Waals surface area contributed by atoms with Gasteiger partial charge in [-0.15, -0.1) is 0 Å². The van der Waals surface area contributed by atoms with Crippen LogP contribution in [0.3, 0.4) is 0 Å². The Balaban J connectivity index is 1.64. The van der Waals surface area contributed by atoms with Crippen LogP contribution in [0.25, 0.3) is 11.3 Å². The van der Waals surface area contributed by atoms with Crippen molar-refractivity contribution in [3.8, 4) is 11.3 Å². The van der Waals surface area contributed by atoms with Gasteiger partial charge in [0.2, 0.25) is 0 Å². The first-order valence-electron chi connectivity index (χ1n) is 9.34. The predicted octanol–water partition coefficient (Wildman–Crippen LogP) is 2.52. The summed E-state index contributed by atoms with van der Waals surface area (Å²) in [5, 5.41) is 3.42. The zero-order chi connectivity index (χ0) is 16.9. The first kappa shape index (κ1) is 16.5. The van der Waals surface area contributed by atoms with Crippen LogP contribution in [0.5, 0.6) is 0 Å². The molecule has 132 valence electrons. The van der Waals surface area contributed by atoms with E-state index in [1.54, 1.807) is 0 Å². The summed E-state index contributed by atoms with van der Waals surface area (Å²) < 4.78 is 5.50. The highest BCUT2D eigenvalue weighted by molar-refractivity contribution is 5.64. The second-order valence-electron chi connectivity index (χ2n) is 6.92. The molecule has 0 bridgehead atoms. The highest BCUT2D eigenvalue weighted by Gasteiger charge is 2.18. The third-order valence-corrected chi connectivity index (χ3v) is 5.11. The third-order valence-electron chi connectivity index (χ3n) is 5.11. The van der Waals surface area contributed by atoms with Gasteiger partial charge in [-0.2, -0.15) is 0 Å². The first-order chi connectivity index (χ1) is 12.4. The third kappa shape index (κ3) is 4.17. The maximum atomic E-state index is 5.50. The summed E-state index contributed by atoms with van der Waals surface area (Å²) in [5.74, 6) is 1.77. The molecule has 2 aromatic heterocycles. The van der Waals surface area contributed by atoms with Gasteiger partial charge < -0.3 is 15.0 Å². The van der Waals surface area contributed by atoms with Crippen LogP contribution in [0.1, 0.15) is 18.5 Å². The molecule has 0 atom stereocenters. The van der Waals surface area contributed by atoms with Crippen LogP contribution in [0, 0.1) is 5.92 Å². The second kappa shape index (κ2) is 7.93. The van der Waals surface area contributed by atoms with Crippen molar-refractivity contribution in [1.29, 1.82) is 0 Å². The van der Waals surface area contributed by atoms with E-state index in [4.69, 9.17) is 9.72 Å². The van der Waals surface area contributed by atoms with E-state index in [0.29, 0.717) is 5.92 Å². The van der Waals surface area contributed by atoms with Crippen molar-refractivity contribution in [2.75, 3.05) is 44.3 Å². The number of ether oxygens (including phenoxy) is 1. The molecule has 2 saturated heterocycles. The topological polar surface area (TPSA) is 50.3 Å². The maximum Gasteiger partial charge on any atom is 0.129 e. The fraction of sp³-hybridized carbons (Fsp3) is 0.500. The van der Waals surface area contributed by atoms with E-state index in [-0.39, 0.29) is 0 Å². The average molecular weight is 338 g/mol. The number of nitrogens with zero attached hydrogens (tertiary/aromatic N) is 3. The van der Waals surface area contributed by atoms with Crippen molar-refractivity contribution in [2.24, 2.45) is 5.92 Å². The molecule has 0 spiro atoms. The van der Waals surface area contributed by atoms with Crippen LogP contribution < -0.4 is 10.2 Å². The molecule has 0 aliphatic carbocycles. The Hall–Kier alpha value is -1.98. The molecule has 2 fully saturated rings. The van der Waals surface area contributed by atoms with Crippen LogP contribution in [0.4, 0.5) is 5.82 Å². The van der Waals surface area contributed by atoms with E-state index in [0.717, 1.165) is 70.2 Å². The standard InChI is InChI=1S/C20H26N4O/c1-2-6-22-19(3-1)17-14-18(13-16-4-11-25-12-5-16)23-20(15-17)24-9-7-21-8-10-24/h1-3,6,14-16,21H,4-5,7-13H2. The summed E-state index contributed by atoms with van der Waals surface area (Å²) in [6.45, 7) is 5.82. The molecule has 2 aliphatic rings. The lowest BCUT2D eigenvalue weighted by Gasteiger charge is -2.29. The minimum atomic E-state index is 0.677. The number of pyridine rings is 2. The maximum absolute atomic E-state index is 5.50. The van der Waals surface area contributed by atoms with Crippen LogP contribution in [0.15, 0.2) is 36.5 Å². The fourth-order valence-corrected chi connectivity index (χ4v) is 3.66. The molecule has 5 heteroatoms. The minimum Gasteiger partial charge on any atom is -0.381 e. The van der Waals surface area contributed by atoms with Crippen molar-refractivity contribution in [3.63, 3.8) is 0 Å². The van der Waals surface area contributed by atoms with Gasteiger partial charge in [0, 0.05) is 56.8 Å². The molecular weight excluding hydrogens is 312 g/mol. The van der Waals surface area contributed by atoms with E-state index >= 15 is 0 Å². The lowest BCUT2D eigenvalue weighted by Crippen LogP contribution is -2.44. The Bertz CT molecular complexity index is 679. The monoisotopic (exact) mass is 338 g/mol. The quantitative estimate of drug-likeness (QED) is 0.928. The summed E-state index contributed by atoms with van der Waals surface area (Å²) in [5.41, 5.74) is 3.38. The Morgan fingerprint density at radius 3 is 2.72 bits per heavy atom. The molecule has 0 radical (unpaired) electrons. The Morgan fingerprint density at radius 2 is 1.96 bits per heavy atom. The molecular formula is C20H26N4O. The predicted molar refractivity (Wildman–Crippen MR) is 99.8 cm³/mol. The molecule has 5 nitrogen and oxygen atoms in total. The van der Waals surface area contributed by atoms with E-state index in [1.165, 1.54) is 11.3 Å². The van der Waals surface area contributed by atoms with Crippen molar-refractivity contribution in [2.45, 2.75) is 19.3 Å². The average Bonchev–Trinajstić information content (AvgIpc) is 2.70. The smallest absolute Gasteiger partial charge is 0.129 e. The van der Waals surface area contributed by atoms with Crippen LogP contribution in [-0.4, -0.2) is 49.4 Å². The fourth-order valence-electron chi connectivity index (χ4n) is 3.66. The molecule has 0 aromatic carbocycles. The number of hydrogen-bond donors (Lipinski definition) is 1. The van der Waals surface area contributed by atoms with E-state index in [2.05, 4.69) is 33.4 Å². The van der Waals surface area contributed by atoms with Gasteiger partial charge in [0.15, 0.2) is 0 Å². The van der Waals surface area contributed by atoms with E-state index in [9.17, 15) is 0 Å². The van der Waals surface area contributed by atoms with Crippen molar-refractivity contribution < 1.29 is 4.74 Å². The van der Waals surface area contributed by atoms with Gasteiger partial charge in [0.1, 0.15) is 5.82 Å². The largest absolute Gasteiger partial charge is 0.381 e. The Labute approximate surface area is 149 Å². The number of anilines is 1. The summed E-state index contributed by atoms with van der Waals surface area (Å²) >= 11 is 0. The lowest BCUT2D eigenvalue weighted by atomic mass is 9.94. The summed E-state index contributed by atoms with van der Waals surface area (Å²) in [4.78, 5) is 11.9. The normalized spacial score (nSPS) is 19.1. The zero-order valence-electron chi connectivity index (χ0n) is 14.7. The van der Waals surface area contributed by atoms with Gasteiger partial charge in [0.05, 0.1) is 5.69 Å². The SMILES string of the molecule is c1ccc(-c2cc(CC3CCOCC3)nc(N3CCNCC3)c2)nc1. The van der Waals surface area contributed by atoms with Crippen molar-refractivity contribution in [3.05, 3.63) is 42.2 Å². The van der Waals surface area contributed by atoms with Gasteiger partial charge in [0.25, 0.3) is 0 Å². The molecule has 0 saturated carbocycles. The van der Waals surface area contributed by atoms with Crippen LogP contribution >= 0.6 is 0 Å². The molecule has 2 aromatic rings. The molecule has 0 amide bonds. The number of hydrogen-bond acceptors (Lipinski definition) is 5.